The molecule has 0 radical (unpaired) electrons. The third-order valence-electron chi connectivity index (χ3n) is 4.78. The van der Waals surface area contributed by atoms with E-state index in [9.17, 15) is 14.0 Å². The van der Waals surface area contributed by atoms with Gasteiger partial charge in [-0.3, -0.25) is 14.2 Å². The lowest BCUT2D eigenvalue weighted by Gasteiger charge is -2.18. The van der Waals surface area contributed by atoms with Gasteiger partial charge in [-0.05, 0) is 55.0 Å². The Hall–Kier alpha value is -3.45. The summed E-state index contributed by atoms with van der Waals surface area (Å²) < 4.78 is 14.7. The molecule has 3 aromatic carbocycles. The van der Waals surface area contributed by atoms with Crippen LogP contribution in [0.1, 0.15) is 13.3 Å². The average Bonchev–Trinajstić information content (AvgIpc) is 2.79. The number of rotatable bonds is 6. The maximum atomic E-state index is 13.3. The van der Waals surface area contributed by atoms with Gasteiger partial charge in [0.05, 0.1) is 21.8 Å². The Bertz CT molecular complexity index is 1270. The Morgan fingerprint density at radius 1 is 1.03 bits per heavy atom. The molecule has 5 nitrogen and oxygen atoms in total. The summed E-state index contributed by atoms with van der Waals surface area (Å²) >= 11 is 1.24. The van der Waals surface area contributed by atoms with Gasteiger partial charge in [0.25, 0.3) is 5.56 Å². The molecular formula is C24H20FN3O2S. The Labute approximate surface area is 182 Å². The van der Waals surface area contributed by atoms with Crippen LogP contribution in [0.25, 0.3) is 16.6 Å². The number of hydrogen-bond donors (Lipinski definition) is 1. The molecule has 0 aliphatic heterocycles. The number of anilines is 1. The second kappa shape index (κ2) is 9.14. The van der Waals surface area contributed by atoms with Crippen molar-refractivity contribution in [3.05, 3.63) is 95.0 Å². The molecule has 0 fully saturated rings. The predicted molar refractivity (Wildman–Crippen MR) is 122 cm³/mol. The first-order chi connectivity index (χ1) is 15.1. The molecule has 7 heteroatoms. The molecule has 0 saturated carbocycles. The molecule has 0 saturated heterocycles. The van der Waals surface area contributed by atoms with Gasteiger partial charge in [-0.1, -0.05) is 49.0 Å². The number of nitrogens with one attached hydrogen (secondary N) is 1. The van der Waals surface area contributed by atoms with E-state index in [0.717, 1.165) is 0 Å². The molecule has 1 N–H and O–H groups in total. The zero-order chi connectivity index (χ0) is 21.8. The van der Waals surface area contributed by atoms with E-state index >= 15 is 0 Å². The third kappa shape index (κ3) is 4.51. The molecule has 0 spiro atoms. The predicted octanol–water partition coefficient (Wildman–Crippen LogP) is 5.03. The normalized spacial score (nSPS) is 11.9. The number of nitrogens with zero attached hydrogens (tertiary/aromatic N) is 2. The van der Waals surface area contributed by atoms with Gasteiger partial charge >= 0.3 is 0 Å². The van der Waals surface area contributed by atoms with Crippen molar-refractivity contribution in [3.8, 4) is 5.69 Å². The third-order valence-corrected chi connectivity index (χ3v) is 6.10. The van der Waals surface area contributed by atoms with Crippen molar-refractivity contribution in [1.29, 1.82) is 0 Å². The van der Waals surface area contributed by atoms with Gasteiger partial charge < -0.3 is 5.32 Å². The fourth-order valence-corrected chi connectivity index (χ4v) is 4.23. The van der Waals surface area contributed by atoms with Gasteiger partial charge in [0.2, 0.25) is 5.91 Å². The number of fused-ring (bicyclic) bond motifs is 1. The van der Waals surface area contributed by atoms with Crippen molar-refractivity contribution >= 4 is 34.3 Å². The van der Waals surface area contributed by atoms with Crippen LogP contribution in [-0.4, -0.2) is 20.7 Å². The van der Waals surface area contributed by atoms with Crippen LogP contribution in [0.2, 0.25) is 0 Å². The second-order valence-corrected chi connectivity index (χ2v) is 8.07. The first-order valence-corrected chi connectivity index (χ1v) is 10.7. The summed E-state index contributed by atoms with van der Waals surface area (Å²) in [6, 6.07) is 22.0. The number of aromatic nitrogens is 2. The first-order valence-electron chi connectivity index (χ1n) is 9.87. The summed E-state index contributed by atoms with van der Waals surface area (Å²) in [5.74, 6) is -0.604. The number of amides is 1. The summed E-state index contributed by atoms with van der Waals surface area (Å²) in [5, 5.41) is 3.27. The Kier molecular flexibility index (Phi) is 6.13. The van der Waals surface area contributed by atoms with Gasteiger partial charge in [0.1, 0.15) is 5.82 Å². The Morgan fingerprint density at radius 3 is 2.42 bits per heavy atom. The minimum atomic E-state index is -0.493. The van der Waals surface area contributed by atoms with Gasteiger partial charge in [0.15, 0.2) is 5.16 Å². The summed E-state index contributed by atoms with van der Waals surface area (Å²) in [5.41, 5.74) is 1.59. The largest absolute Gasteiger partial charge is 0.325 e. The number of thioether (sulfide) groups is 1. The molecule has 156 valence electrons. The summed E-state index contributed by atoms with van der Waals surface area (Å²) in [7, 11) is 0. The van der Waals surface area contributed by atoms with E-state index in [1.807, 2.05) is 43.3 Å². The summed E-state index contributed by atoms with van der Waals surface area (Å²) in [6.07, 6.45) is 0.523. The number of benzene rings is 3. The van der Waals surface area contributed by atoms with Crippen LogP contribution in [0.3, 0.4) is 0 Å². The highest BCUT2D eigenvalue weighted by Crippen LogP contribution is 2.27. The zero-order valence-corrected chi connectivity index (χ0v) is 17.6. The maximum Gasteiger partial charge on any atom is 0.266 e. The number of carbonyl (C=O) groups is 1. The molecular weight excluding hydrogens is 413 g/mol. The van der Waals surface area contributed by atoms with Crippen LogP contribution in [0.15, 0.2) is 88.8 Å². The zero-order valence-electron chi connectivity index (χ0n) is 16.8. The lowest BCUT2D eigenvalue weighted by Crippen LogP contribution is -2.27. The van der Waals surface area contributed by atoms with Crippen LogP contribution < -0.4 is 10.9 Å². The van der Waals surface area contributed by atoms with E-state index < -0.39 is 5.25 Å². The lowest BCUT2D eigenvalue weighted by atomic mass is 10.2. The molecule has 0 aliphatic carbocycles. The van der Waals surface area contributed by atoms with Crippen LogP contribution in [0.4, 0.5) is 10.1 Å². The highest BCUT2D eigenvalue weighted by atomic mass is 32.2. The Balaban J connectivity index is 1.72. The molecule has 31 heavy (non-hydrogen) atoms. The molecule has 0 bridgehead atoms. The van der Waals surface area contributed by atoms with Gasteiger partial charge in [0, 0.05) is 5.69 Å². The van der Waals surface area contributed by atoms with E-state index in [1.54, 1.807) is 22.8 Å². The van der Waals surface area contributed by atoms with Crippen molar-refractivity contribution in [3.63, 3.8) is 0 Å². The molecule has 1 heterocycles. The average molecular weight is 434 g/mol. The smallest absolute Gasteiger partial charge is 0.266 e. The lowest BCUT2D eigenvalue weighted by molar-refractivity contribution is -0.115. The van der Waals surface area contributed by atoms with Crippen LogP contribution in [0.5, 0.6) is 0 Å². The molecule has 0 aliphatic rings. The minimum Gasteiger partial charge on any atom is -0.325 e. The maximum absolute atomic E-state index is 13.3. The highest BCUT2D eigenvalue weighted by Gasteiger charge is 2.22. The van der Waals surface area contributed by atoms with Gasteiger partial charge in [-0.25, -0.2) is 9.37 Å². The van der Waals surface area contributed by atoms with Crippen LogP contribution in [-0.2, 0) is 4.79 Å². The topological polar surface area (TPSA) is 64.0 Å². The van der Waals surface area contributed by atoms with Crippen molar-refractivity contribution in [2.75, 3.05) is 5.32 Å². The molecule has 1 aromatic heterocycles. The molecule has 1 atom stereocenters. The van der Waals surface area contributed by atoms with Crippen molar-refractivity contribution < 1.29 is 9.18 Å². The van der Waals surface area contributed by atoms with Gasteiger partial charge in [-0.15, -0.1) is 0 Å². The fourth-order valence-electron chi connectivity index (χ4n) is 3.20. The van der Waals surface area contributed by atoms with Gasteiger partial charge in [-0.2, -0.15) is 0 Å². The molecule has 1 unspecified atom stereocenters. The van der Waals surface area contributed by atoms with E-state index in [-0.39, 0.29) is 17.3 Å². The number of hydrogen-bond acceptors (Lipinski definition) is 4. The first kappa shape index (κ1) is 20.8. The molecule has 1 amide bonds. The van der Waals surface area contributed by atoms with E-state index in [2.05, 4.69) is 5.32 Å². The molecule has 4 aromatic rings. The monoisotopic (exact) mass is 433 g/mol. The van der Waals surface area contributed by atoms with Crippen molar-refractivity contribution in [1.82, 2.24) is 9.55 Å². The SMILES string of the molecule is CCC(Sc1nc2ccccc2c(=O)n1-c1ccccc1)C(=O)Nc1ccc(F)cc1. The highest BCUT2D eigenvalue weighted by molar-refractivity contribution is 8.00. The standard InChI is InChI=1S/C24H20FN3O2S/c1-2-21(22(29)26-17-14-12-16(25)13-15-17)31-24-27-20-11-7-6-10-19(20)23(30)28(24)18-8-4-3-5-9-18/h3-15,21H,2H2,1H3,(H,26,29). The van der Waals surface area contributed by atoms with E-state index in [0.29, 0.717) is 33.9 Å². The van der Waals surface area contributed by atoms with E-state index in [4.69, 9.17) is 4.98 Å². The van der Waals surface area contributed by atoms with Crippen molar-refractivity contribution in [2.45, 2.75) is 23.8 Å². The van der Waals surface area contributed by atoms with Crippen molar-refractivity contribution in [2.24, 2.45) is 0 Å². The molecule has 4 rings (SSSR count). The quantitative estimate of drug-likeness (QED) is 0.342. The number of para-hydroxylation sites is 2. The van der Waals surface area contributed by atoms with Crippen LogP contribution >= 0.6 is 11.8 Å². The minimum absolute atomic E-state index is 0.187. The van der Waals surface area contributed by atoms with E-state index in [1.165, 1.54) is 36.0 Å². The Morgan fingerprint density at radius 2 is 1.71 bits per heavy atom. The fraction of sp³-hybridized carbons (Fsp3) is 0.125. The summed E-state index contributed by atoms with van der Waals surface area (Å²) in [6.45, 7) is 1.90. The summed E-state index contributed by atoms with van der Waals surface area (Å²) in [4.78, 5) is 30.9. The second-order valence-electron chi connectivity index (χ2n) is 6.90. The number of halogens is 1. The van der Waals surface area contributed by atoms with Crippen LogP contribution in [0, 0.1) is 5.82 Å². The number of carbonyl (C=O) groups excluding carboxylic acids is 1.